The van der Waals surface area contributed by atoms with Gasteiger partial charge in [0, 0.05) is 30.1 Å². The minimum atomic E-state index is -0.437. The molecular formula is C29H31FN2O4S. The molecule has 3 heterocycles. The van der Waals surface area contributed by atoms with E-state index in [0.29, 0.717) is 25.3 Å². The molecule has 1 saturated heterocycles. The summed E-state index contributed by atoms with van der Waals surface area (Å²) < 4.78 is 25.9. The lowest BCUT2D eigenvalue weighted by Gasteiger charge is -2.37. The number of rotatable bonds is 8. The first kappa shape index (κ1) is 25.4. The average Bonchev–Trinajstić information content (AvgIpc) is 3.59. The first-order valence-electron chi connectivity index (χ1n) is 12.7. The molecule has 1 aromatic heterocycles. The number of halogens is 1. The first-order chi connectivity index (χ1) is 18.0. The van der Waals surface area contributed by atoms with Crippen molar-refractivity contribution in [1.82, 2.24) is 9.80 Å². The number of carbonyl (C=O) groups excluding carboxylic acids is 2. The molecule has 2 amide bonds. The predicted molar refractivity (Wildman–Crippen MR) is 140 cm³/mol. The predicted octanol–water partition coefficient (Wildman–Crippen LogP) is 5.02. The van der Waals surface area contributed by atoms with E-state index in [9.17, 15) is 14.0 Å². The van der Waals surface area contributed by atoms with Crippen LogP contribution < -0.4 is 4.74 Å². The van der Waals surface area contributed by atoms with Crippen molar-refractivity contribution in [1.29, 1.82) is 0 Å². The van der Waals surface area contributed by atoms with Crippen LogP contribution in [0.1, 0.15) is 45.2 Å². The van der Waals surface area contributed by atoms with Crippen molar-refractivity contribution in [3.8, 4) is 5.75 Å². The number of carbonyl (C=O) groups is 2. The summed E-state index contributed by atoms with van der Waals surface area (Å²) in [5.74, 6) is -0.613. The Morgan fingerprint density at radius 3 is 2.84 bits per heavy atom. The number of fused-ring (bicyclic) bond motifs is 1. The molecule has 5 rings (SSSR count). The van der Waals surface area contributed by atoms with E-state index in [1.165, 1.54) is 10.9 Å². The number of benzene rings is 2. The standard InChI is InChI=1S/C29H31FN2O4S/c1-20-6-4-7-21(16-20)29(34)31(17-22-8-5-14-35-22)18-28(33)32-13-11-27-23(12-15-37-27)25(32)19-36-26-10-3-2-9-24(26)30/h2-4,6-7,9-10,12,15-16,22,25H,5,8,11,13-14,17-19H2,1H3/t22-,25+/m0/s1. The fourth-order valence-electron chi connectivity index (χ4n) is 5.07. The molecule has 3 aromatic rings. The van der Waals surface area contributed by atoms with Gasteiger partial charge in [-0.25, -0.2) is 4.39 Å². The molecule has 6 nitrogen and oxygen atoms in total. The van der Waals surface area contributed by atoms with Crippen LogP contribution in [0.4, 0.5) is 4.39 Å². The monoisotopic (exact) mass is 522 g/mol. The Morgan fingerprint density at radius 1 is 1.19 bits per heavy atom. The molecule has 0 spiro atoms. The molecule has 0 saturated carbocycles. The fraction of sp³-hybridized carbons (Fsp3) is 0.379. The summed E-state index contributed by atoms with van der Waals surface area (Å²) in [6.45, 7) is 3.58. The van der Waals surface area contributed by atoms with Crippen molar-refractivity contribution in [3.63, 3.8) is 0 Å². The molecule has 0 bridgehead atoms. The van der Waals surface area contributed by atoms with E-state index in [1.807, 2.05) is 36.6 Å². The maximum absolute atomic E-state index is 14.2. The van der Waals surface area contributed by atoms with Gasteiger partial charge in [0.05, 0.1) is 12.1 Å². The summed E-state index contributed by atoms with van der Waals surface area (Å²) in [7, 11) is 0. The minimum Gasteiger partial charge on any atom is -0.488 e. The van der Waals surface area contributed by atoms with Gasteiger partial charge in [-0.15, -0.1) is 11.3 Å². The third-order valence-electron chi connectivity index (χ3n) is 6.97. The van der Waals surface area contributed by atoms with Crippen LogP contribution in [-0.4, -0.2) is 60.6 Å². The van der Waals surface area contributed by atoms with Crippen molar-refractivity contribution in [2.45, 2.75) is 38.3 Å². The Balaban J connectivity index is 1.36. The zero-order valence-corrected chi connectivity index (χ0v) is 21.7. The maximum Gasteiger partial charge on any atom is 0.254 e. The molecule has 0 N–H and O–H groups in total. The number of thiophene rings is 1. The van der Waals surface area contributed by atoms with Crippen LogP contribution in [0.25, 0.3) is 0 Å². The molecule has 37 heavy (non-hydrogen) atoms. The van der Waals surface area contributed by atoms with E-state index in [0.717, 1.165) is 30.4 Å². The Hall–Kier alpha value is -3.23. The number of ether oxygens (including phenoxy) is 2. The Bertz CT molecular complexity index is 1260. The lowest BCUT2D eigenvalue weighted by atomic mass is 10.00. The molecule has 0 radical (unpaired) electrons. The number of hydrogen-bond donors (Lipinski definition) is 0. The highest BCUT2D eigenvalue weighted by Crippen LogP contribution is 2.34. The van der Waals surface area contributed by atoms with Crippen LogP contribution in [0.3, 0.4) is 0 Å². The van der Waals surface area contributed by atoms with Crippen molar-refractivity contribution in [2.24, 2.45) is 0 Å². The Kier molecular flexibility index (Phi) is 7.86. The first-order valence-corrected chi connectivity index (χ1v) is 13.6. The van der Waals surface area contributed by atoms with Gasteiger partial charge >= 0.3 is 0 Å². The fourth-order valence-corrected chi connectivity index (χ4v) is 6.00. The Morgan fingerprint density at radius 2 is 2.05 bits per heavy atom. The van der Waals surface area contributed by atoms with Crippen molar-refractivity contribution in [2.75, 3.05) is 32.8 Å². The molecule has 0 aliphatic carbocycles. The Labute approximate surface area is 220 Å². The summed E-state index contributed by atoms with van der Waals surface area (Å²) in [5, 5.41) is 2.01. The van der Waals surface area contributed by atoms with Crippen LogP contribution in [0.5, 0.6) is 5.75 Å². The summed E-state index contributed by atoms with van der Waals surface area (Å²) in [5.41, 5.74) is 2.57. The van der Waals surface area contributed by atoms with Gasteiger partial charge in [-0.05, 0) is 67.5 Å². The van der Waals surface area contributed by atoms with E-state index in [1.54, 1.807) is 45.4 Å². The van der Waals surface area contributed by atoms with Crippen LogP contribution in [0.15, 0.2) is 60.0 Å². The minimum absolute atomic E-state index is 0.0533. The molecule has 2 aromatic carbocycles. The molecule has 194 valence electrons. The maximum atomic E-state index is 14.2. The van der Waals surface area contributed by atoms with E-state index < -0.39 is 5.82 Å². The molecule has 2 aliphatic rings. The van der Waals surface area contributed by atoms with Gasteiger partial charge in [-0.2, -0.15) is 0 Å². The second-order valence-corrected chi connectivity index (χ2v) is 10.6. The molecule has 0 unspecified atom stereocenters. The van der Waals surface area contributed by atoms with Gasteiger partial charge in [0.15, 0.2) is 11.6 Å². The van der Waals surface area contributed by atoms with Crippen LogP contribution in [0, 0.1) is 12.7 Å². The number of amides is 2. The third kappa shape index (κ3) is 5.86. The smallest absolute Gasteiger partial charge is 0.254 e. The zero-order chi connectivity index (χ0) is 25.8. The van der Waals surface area contributed by atoms with Crippen LogP contribution in [-0.2, 0) is 16.0 Å². The largest absolute Gasteiger partial charge is 0.488 e. The van der Waals surface area contributed by atoms with Gasteiger partial charge in [0.2, 0.25) is 5.91 Å². The normalized spacial score (nSPS) is 18.9. The topological polar surface area (TPSA) is 59.1 Å². The number of para-hydroxylation sites is 1. The van der Waals surface area contributed by atoms with Gasteiger partial charge in [0.1, 0.15) is 13.2 Å². The third-order valence-corrected chi connectivity index (χ3v) is 7.97. The van der Waals surface area contributed by atoms with Crippen molar-refractivity contribution >= 4 is 23.2 Å². The quantitative estimate of drug-likeness (QED) is 0.417. The lowest BCUT2D eigenvalue weighted by Crippen LogP contribution is -2.49. The van der Waals surface area contributed by atoms with E-state index >= 15 is 0 Å². The molecular weight excluding hydrogens is 491 g/mol. The average molecular weight is 523 g/mol. The highest BCUT2D eigenvalue weighted by molar-refractivity contribution is 7.10. The zero-order valence-electron chi connectivity index (χ0n) is 20.9. The van der Waals surface area contributed by atoms with Gasteiger partial charge in [-0.1, -0.05) is 29.8 Å². The summed E-state index contributed by atoms with van der Waals surface area (Å²) >= 11 is 1.66. The van der Waals surface area contributed by atoms with E-state index in [4.69, 9.17) is 9.47 Å². The number of hydrogen-bond acceptors (Lipinski definition) is 5. The SMILES string of the molecule is Cc1cccc(C(=O)N(CC(=O)N2CCc3sccc3[C@H]2COc2ccccc2F)C[C@@H]2CCCO2)c1. The highest BCUT2D eigenvalue weighted by Gasteiger charge is 2.34. The second-order valence-electron chi connectivity index (χ2n) is 9.58. The summed E-state index contributed by atoms with van der Waals surface area (Å²) in [4.78, 5) is 31.9. The highest BCUT2D eigenvalue weighted by atomic mass is 32.1. The van der Waals surface area contributed by atoms with E-state index in [2.05, 4.69) is 0 Å². The van der Waals surface area contributed by atoms with Gasteiger partial charge in [-0.3, -0.25) is 9.59 Å². The summed E-state index contributed by atoms with van der Waals surface area (Å²) in [6.07, 6.45) is 2.49. The van der Waals surface area contributed by atoms with Crippen molar-refractivity contribution < 1.29 is 23.5 Å². The molecule has 2 atom stereocenters. The van der Waals surface area contributed by atoms with Crippen LogP contribution >= 0.6 is 11.3 Å². The lowest BCUT2D eigenvalue weighted by molar-refractivity contribution is -0.135. The molecule has 2 aliphatic heterocycles. The number of nitrogens with zero attached hydrogens (tertiary/aromatic N) is 2. The van der Waals surface area contributed by atoms with Gasteiger partial charge < -0.3 is 19.3 Å². The van der Waals surface area contributed by atoms with Gasteiger partial charge in [0.25, 0.3) is 5.91 Å². The molecule has 1 fully saturated rings. The molecule has 8 heteroatoms. The van der Waals surface area contributed by atoms with Crippen LogP contribution in [0.2, 0.25) is 0 Å². The summed E-state index contributed by atoms with van der Waals surface area (Å²) in [6, 6.07) is 15.4. The van der Waals surface area contributed by atoms with Crippen molar-refractivity contribution in [3.05, 3.63) is 87.4 Å². The number of aryl methyl sites for hydroxylation is 1. The second kappa shape index (κ2) is 11.4. The van der Waals surface area contributed by atoms with E-state index in [-0.39, 0.29) is 42.9 Å².